The van der Waals surface area contributed by atoms with E-state index in [1.54, 1.807) is 23.0 Å². The van der Waals surface area contributed by atoms with Gasteiger partial charge in [0, 0.05) is 30.6 Å². The Labute approximate surface area is 125 Å². The van der Waals surface area contributed by atoms with Crippen LogP contribution in [0.5, 0.6) is 0 Å². The van der Waals surface area contributed by atoms with Crippen molar-refractivity contribution in [1.82, 2.24) is 9.78 Å². The van der Waals surface area contributed by atoms with E-state index in [4.69, 9.17) is 0 Å². The van der Waals surface area contributed by atoms with Crippen LogP contribution in [-0.4, -0.2) is 15.7 Å². The molecule has 0 aliphatic carbocycles. The first-order valence-electron chi connectivity index (χ1n) is 7.22. The fourth-order valence-electron chi connectivity index (χ4n) is 2.27. The summed E-state index contributed by atoms with van der Waals surface area (Å²) in [6.07, 6.45) is 8.69. The van der Waals surface area contributed by atoms with Crippen LogP contribution in [0, 0.1) is 0 Å². The first-order valence-corrected chi connectivity index (χ1v) is 7.22. The summed E-state index contributed by atoms with van der Waals surface area (Å²) in [6.45, 7) is 4.19. The Morgan fingerprint density at radius 3 is 2.48 bits per heavy atom. The molecule has 4 nitrogen and oxygen atoms in total. The number of rotatable bonds is 5. The molecule has 0 aliphatic rings. The second-order valence-electron chi connectivity index (χ2n) is 4.93. The van der Waals surface area contributed by atoms with Crippen LogP contribution in [0.15, 0.2) is 36.7 Å². The molecule has 0 radical (unpaired) electrons. The number of hydrogen-bond donors (Lipinski definition) is 1. The van der Waals surface area contributed by atoms with E-state index >= 15 is 0 Å². The van der Waals surface area contributed by atoms with Gasteiger partial charge in [0.1, 0.15) is 0 Å². The number of carbonyl (C=O) groups is 1. The monoisotopic (exact) mass is 283 g/mol. The quantitative estimate of drug-likeness (QED) is 0.857. The van der Waals surface area contributed by atoms with Gasteiger partial charge in [-0.2, -0.15) is 5.10 Å². The summed E-state index contributed by atoms with van der Waals surface area (Å²) >= 11 is 0. The number of nitrogens with zero attached hydrogens (tertiary/aromatic N) is 2. The molecule has 21 heavy (non-hydrogen) atoms. The molecule has 1 N–H and O–H groups in total. The maximum absolute atomic E-state index is 12.1. The van der Waals surface area contributed by atoms with Gasteiger partial charge in [-0.25, -0.2) is 0 Å². The van der Waals surface area contributed by atoms with Crippen LogP contribution in [0.1, 0.15) is 30.5 Å². The van der Waals surface area contributed by atoms with E-state index in [9.17, 15) is 4.79 Å². The number of aryl methyl sites for hydroxylation is 3. The Hall–Kier alpha value is -2.36. The number of para-hydroxylation sites is 1. The number of carbonyl (C=O) groups excluding carboxylic acids is 1. The summed E-state index contributed by atoms with van der Waals surface area (Å²) < 4.78 is 1.71. The molecule has 0 bridgehead atoms. The normalized spacial score (nSPS) is 11.0. The van der Waals surface area contributed by atoms with E-state index in [2.05, 4.69) is 36.4 Å². The predicted molar refractivity (Wildman–Crippen MR) is 86.1 cm³/mol. The molecule has 0 unspecified atom stereocenters. The molecular formula is C17H21N3O. The summed E-state index contributed by atoms with van der Waals surface area (Å²) in [5.74, 6) is -0.116. The molecule has 0 saturated heterocycles. The molecule has 1 heterocycles. The lowest BCUT2D eigenvalue weighted by Gasteiger charge is -2.13. The van der Waals surface area contributed by atoms with E-state index in [-0.39, 0.29) is 5.91 Å². The summed E-state index contributed by atoms with van der Waals surface area (Å²) in [6, 6.07) is 6.15. The topological polar surface area (TPSA) is 46.9 Å². The zero-order chi connectivity index (χ0) is 15.2. The molecule has 2 aromatic rings. The minimum Gasteiger partial charge on any atom is -0.322 e. The lowest BCUT2D eigenvalue weighted by atomic mass is 10.0. The second kappa shape index (κ2) is 6.88. The first-order chi connectivity index (χ1) is 10.1. The largest absolute Gasteiger partial charge is 0.322 e. The van der Waals surface area contributed by atoms with Gasteiger partial charge in [0.2, 0.25) is 5.91 Å². The van der Waals surface area contributed by atoms with Crippen molar-refractivity contribution in [3.63, 3.8) is 0 Å². The average molecular weight is 283 g/mol. The van der Waals surface area contributed by atoms with E-state index in [1.807, 2.05) is 19.3 Å². The third kappa shape index (κ3) is 3.81. The van der Waals surface area contributed by atoms with E-state index < -0.39 is 0 Å². The summed E-state index contributed by atoms with van der Waals surface area (Å²) in [7, 11) is 1.85. The fraction of sp³-hybridized carbons (Fsp3) is 0.294. The van der Waals surface area contributed by atoms with Crippen molar-refractivity contribution < 1.29 is 4.79 Å². The van der Waals surface area contributed by atoms with Crippen molar-refractivity contribution in [2.45, 2.75) is 26.7 Å². The first kappa shape index (κ1) is 15.0. The Kier molecular flexibility index (Phi) is 4.93. The van der Waals surface area contributed by atoms with Crippen molar-refractivity contribution in [3.05, 3.63) is 53.4 Å². The van der Waals surface area contributed by atoms with Crippen molar-refractivity contribution in [2.24, 2.45) is 7.05 Å². The van der Waals surface area contributed by atoms with Gasteiger partial charge in [-0.05, 0) is 30.0 Å². The maximum atomic E-state index is 12.1. The molecule has 0 saturated carbocycles. The highest BCUT2D eigenvalue weighted by Gasteiger charge is 2.08. The SMILES string of the molecule is CCc1cccc(CC)c1NC(=O)/C=C/c1cnn(C)c1. The van der Waals surface area contributed by atoms with Gasteiger partial charge < -0.3 is 5.32 Å². The molecular weight excluding hydrogens is 262 g/mol. The minimum atomic E-state index is -0.116. The van der Waals surface area contributed by atoms with Crippen LogP contribution in [0.25, 0.3) is 6.08 Å². The van der Waals surface area contributed by atoms with Gasteiger partial charge >= 0.3 is 0 Å². The Morgan fingerprint density at radius 1 is 1.29 bits per heavy atom. The zero-order valence-corrected chi connectivity index (χ0v) is 12.8. The smallest absolute Gasteiger partial charge is 0.248 e. The van der Waals surface area contributed by atoms with Crippen LogP contribution in [0.4, 0.5) is 5.69 Å². The molecule has 110 valence electrons. The van der Waals surface area contributed by atoms with E-state index in [0.29, 0.717) is 0 Å². The number of nitrogens with one attached hydrogen (secondary N) is 1. The Bertz CT molecular complexity index is 634. The molecule has 1 aromatic heterocycles. The highest BCUT2D eigenvalue weighted by Crippen LogP contribution is 2.22. The molecule has 0 spiro atoms. The molecule has 1 amide bonds. The number of benzene rings is 1. The third-order valence-corrected chi connectivity index (χ3v) is 3.40. The van der Waals surface area contributed by atoms with Gasteiger partial charge in [0.05, 0.1) is 6.20 Å². The van der Waals surface area contributed by atoms with Crippen molar-refractivity contribution >= 4 is 17.7 Å². The molecule has 1 aromatic carbocycles. The molecule has 4 heteroatoms. The van der Waals surface area contributed by atoms with Gasteiger partial charge in [0.25, 0.3) is 0 Å². The second-order valence-corrected chi connectivity index (χ2v) is 4.93. The van der Waals surface area contributed by atoms with Gasteiger partial charge in [-0.15, -0.1) is 0 Å². The molecule has 0 aliphatic heterocycles. The maximum Gasteiger partial charge on any atom is 0.248 e. The Balaban J connectivity index is 2.14. The standard InChI is InChI=1S/C17H21N3O/c1-4-14-7-6-8-15(5-2)17(14)19-16(21)10-9-13-11-18-20(3)12-13/h6-12H,4-5H2,1-3H3,(H,19,21)/b10-9+. The summed E-state index contributed by atoms with van der Waals surface area (Å²) in [5, 5.41) is 7.07. The number of amides is 1. The molecule has 2 rings (SSSR count). The van der Waals surface area contributed by atoms with Crippen molar-refractivity contribution in [3.8, 4) is 0 Å². The van der Waals surface area contributed by atoms with Crippen molar-refractivity contribution in [2.75, 3.05) is 5.32 Å². The zero-order valence-electron chi connectivity index (χ0n) is 12.8. The lowest BCUT2D eigenvalue weighted by molar-refractivity contribution is -0.111. The van der Waals surface area contributed by atoms with Crippen LogP contribution in [0.2, 0.25) is 0 Å². The van der Waals surface area contributed by atoms with Crippen LogP contribution >= 0.6 is 0 Å². The minimum absolute atomic E-state index is 0.116. The van der Waals surface area contributed by atoms with Crippen molar-refractivity contribution in [1.29, 1.82) is 0 Å². The molecule has 0 atom stereocenters. The van der Waals surface area contributed by atoms with Gasteiger partial charge in [0.15, 0.2) is 0 Å². The van der Waals surface area contributed by atoms with Crippen LogP contribution < -0.4 is 5.32 Å². The predicted octanol–water partition coefficient (Wildman–Crippen LogP) is 3.20. The van der Waals surface area contributed by atoms with E-state index in [1.165, 1.54) is 0 Å². The highest BCUT2D eigenvalue weighted by molar-refractivity contribution is 6.02. The molecule has 0 fully saturated rings. The number of aromatic nitrogens is 2. The van der Waals surface area contributed by atoms with Crippen LogP contribution in [0.3, 0.4) is 0 Å². The van der Waals surface area contributed by atoms with Gasteiger partial charge in [-0.1, -0.05) is 32.0 Å². The summed E-state index contributed by atoms with van der Waals surface area (Å²) in [5.41, 5.74) is 4.19. The highest BCUT2D eigenvalue weighted by atomic mass is 16.1. The van der Waals surface area contributed by atoms with E-state index in [0.717, 1.165) is 35.2 Å². The fourth-order valence-corrected chi connectivity index (χ4v) is 2.27. The Morgan fingerprint density at radius 2 is 1.95 bits per heavy atom. The average Bonchev–Trinajstić information content (AvgIpc) is 2.91. The third-order valence-electron chi connectivity index (χ3n) is 3.40. The van der Waals surface area contributed by atoms with Crippen LogP contribution in [-0.2, 0) is 24.7 Å². The number of anilines is 1. The number of hydrogen-bond acceptors (Lipinski definition) is 2. The lowest BCUT2D eigenvalue weighted by Crippen LogP contribution is -2.11. The summed E-state index contributed by atoms with van der Waals surface area (Å²) in [4.78, 5) is 12.1. The van der Waals surface area contributed by atoms with Gasteiger partial charge in [-0.3, -0.25) is 9.48 Å².